The van der Waals surface area contributed by atoms with Gasteiger partial charge in [-0.15, -0.1) is 0 Å². The molecule has 16 heavy (non-hydrogen) atoms. The highest BCUT2D eigenvalue weighted by atomic mass is 35.5. The number of rotatable bonds is 2. The molecule has 82 valence electrons. The molecule has 2 heterocycles. The fraction of sp³-hybridized carbons (Fsp3) is 0.0909. The predicted octanol–water partition coefficient (Wildman–Crippen LogP) is 2.10. The van der Waals surface area contributed by atoms with E-state index in [-0.39, 0.29) is 5.56 Å². The summed E-state index contributed by atoms with van der Waals surface area (Å²) in [6.07, 6.45) is 1.59. The molecular weight excluding hydrogens is 228 g/mol. The molecule has 2 rings (SSSR count). The van der Waals surface area contributed by atoms with Gasteiger partial charge in [-0.2, -0.15) is 0 Å². The molecule has 0 fully saturated rings. The van der Waals surface area contributed by atoms with Gasteiger partial charge in [0.1, 0.15) is 5.02 Å². The van der Waals surface area contributed by atoms with Crippen molar-refractivity contribution in [1.29, 1.82) is 0 Å². The fourth-order valence-corrected chi connectivity index (χ4v) is 1.58. The molecule has 0 aromatic carbocycles. The van der Waals surface area contributed by atoms with E-state index in [2.05, 4.69) is 9.97 Å². The molecule has 0 bridgehead atoms. The van der Waals surface area contributed by atoms with Crippen molar-refractivity contribution < 1.29 is 4.74 Å². The van der Waals surface area contributed by atoms with Crippen molar-refractivity contribution >= 4 is 11.6 Å². The number of aromatic nitrogens is 2. The number of hydrogen-bond donors (Lipinski definition) is 1. The molecule has 0 saturated heterocycles. The average molecular weight is 237 g/mol. The fourth-order valence-electron chi connectivity index (χ4n) is 1.34. The number of hydrogen-bond acceptors (Lipinski definition) is 3. The minimum atomic E-state index is -0.163. The van der Waals surface area contributed by atoms with Crippen LogP contribution in [-0.2, 0) is 0 Å². The number of pyridine rings is 2. The first-order valence-electron chi connectivity index (χ1n) is 4.60. The first kappa shape index (κ1) is 10.7. The molecule has 0 saturated carbocycles. The normalized spacial score (nSPS) is 10.1. The van der Waals surface area contributed by atoms with Crippen LogP contribution < -0.4 is 10.3 Å². The lowest BCUT2D eigenvalue weighted by Gasteiger charge is -2.04. The van der Waals surface area contributed by atoms with Crippen LogP contribution in [0.2, 0.25) is 5.02 Å². The van der Waals surface area contributed by atoms with Gasteiger partial charge in [-0.3, -0.25) is 4.79 Å². The summed E-state index contributed by atoms with van der Waals surface area (Å²) in [5, 5.41) is 0.407. The van der Waals surface area contributed by atoms with Gasteiger partial charge < -0.3 is 9.72 Å². The van der Waals surface area contributed by atoms with Gasteiger partial charge in [0.25, 0.3) is 0 Å². The van der Waals surface area contributed by atoms with Gasteiger partial charge in [-0.1, -0.05) is 17.7 Å². The summed E-state index contributed by atoms with van der Waals surface area (Å²) >= 11 is 5.94. The number of nitrogens with zero attached hydrogens (tertiary/aromatic N) is 1. The van der Waals surface area contributed by atoms with Crippen LogP contribution in [0.25, 0.3) is 11.3 Å². The Morgan fingerprint density at radius 1 is 1.44 bits per heavy atom. The topological polar surface area (TPSA) is 55.0 Å². The Bertz CT molecular complexity index is 566. The van der Waals surface area contributed by atoms with Gasteiger partial charge in [0.05, 0.1) is 7.11 Å². The monoisotopic (exact) mass is 236 g/mol. The lowest BCUT2D eigenvalue weighted by Crippen LogP contribution is -2.03. The Balaban J connectivity index is 2.49. The maximum absolute atomic E-state index is 11.1. The van der Waals surface area contributed by atoms with Crippen molar-refractivity contribution in [2.75, 3.05) is 7.11 Å². The second-order valence-electron chi connectivity index (χ2n) is 3.14. The summed E-state index contributed by atoms with van der Waals surface area (Å²) in [6.45, 7) is 0. The summed E-state index contributed by atoms with van der Waals surface area (Å²) in [4.78, 5) is 17.9. The van der Waals surface area contributed by atoms with Crippen molar-refractivity contribution in [2.24, 2.45) is 0 Å². The smallest absolute Gasteiger partial charge is 0.248 e. The number of H-pyrrole nitrogens is 1. The van der Waals surface area contributed by atoms with Gasteiger partial charge in [-0.05, 0) is 12.1 Å². The number of ether oxygens (including phenoxy) is 1. The zero-order valence-electron chi connectivity index (χ0n) is 8.53. The summed E-state index contributed by atoms with van der Waals surface area (Å²) in [5.74, 6) is 0.365. The van der Waals surface area contributed by atoms with Crippen LogP contribution in [0.5, 0.6) is 5.88 Å². The third-order valence-electron chi connectivity index (χ3n) is 2.08. The molecule has 0 aliphatic rings. The van der Waals surface area contributed by atoms with E-state index < -0.39 is 0 Å². The van der Waals surface area contributed by atoms with E-state index in [1.54, 1.807) is 24.4 Å². The van der Waals surface area contributed by atoms with Crippen LogP contribution in [0.3, 0.4) is 0 Å². The van der Waals surface area contributed by atoms with Crippen LogP contribution in [0.4, 0.5) is 0 Å². The third kappa shape index (κ3) is 2.06. The first-order chi connectivity index (χ1) is 7.70. The van der Waals surface area contributed by atoms with E-state index in [9.17, 15) is 4.79 Å². The van der Waals surface area contributed by atoms with Crippen LogP contribution >= 0.6 is 11.6 Å². The summed E-state index contributed by atoms with van der Waals surface area (Å²) in [7, 11) is 1.50. The molecule has 0 atom stereocenters. The van der Waals surface area contributed by atoms with Crippen LogP contribution in [0.1, 0.15) is 0 Å². The second-order valence-corrected chi connectivity index (χ2v) is 3.55. The van der Waals surface area contributed by atoms with Crippen molar-refractivity contribution in [3.63, 3.8) is 0 Å². The molecule has 2 aromatic rings. The molecule has 0 radical (unpaired) electrons. The maximum Gasteiger partial charge on any atom is 0.248 e. The number of methoxy groups -OCH3 is 1. The van der Waals surface area contributed by atoms with Gasteiger partial charge in [-0.25, -0.2) is 4.98 Å². The SMILES string of the molecule is COc1ncc(-c2cccc(=O)[nH]2)cc1Cl. The van der Waals surface area contributed by atoms with E-state index in [4.69, 9.17) is 16.3 Å². The van der Waals surface area contributed by atoms with E-state index in [1.165, 1.54) is 13.2 Å². The minimum Gasteiger partial charge on any atom is -0.480 e. The van der Waals surface area contributed by atoms with Crippen molar-refractivity contribution in [3.8, 4) is 17.1 Å². The second kappa shape index (κ2) is 4.37. The molecule has 1 N–H and O–H groups in total. The highest BCUT2D eigenvalue weighted by Gasteiger charge is 2.05. The quantitative estimate of drug-likeness (QED) is 0.869. The lowest BCUT2D eigenvalue weighted by atomic mass is 10.2. The van der Waals surface area contributed by atoms with Crippen molar-refractivity contribution in [2.45, 2.75) is 0 Å². The van der Waals surface area contributed by atoms with Crippen molar-refractivity contribution in [1.82, 2.24) is 9.97 Å². The molecule has 0 aliphatic heterocycles. The molecule has 4 nitrogen and oxygen atoms in total. The van der Waals surface area contributed by atoms with Gasteiger partial charge in [0, 0.05) is 23.5 Å². The van der Waals surface area contributed by atoms with E-state index in [0.29, 0.717) is 16.6 Å². The zero-order valence-corrected chi connectivity index (χ0v) is 9.28. The van der Waals surface area contributed by atoms with E-state index in [1.807, 2.05) is 0 Å². The van der Waals surface area contributed by atoms with Crippen LogP contribution in [0, 0.1) is 0 Å². The highest BCUT2D eigenvalue weighted by Crippen LogP contribution is 2.26. The number of halogens is 1. The zero-order chi connectivity index (χ0) is 11.5. The number of aromatic amines is 1. The Hall–Kier alpha value is -1.81. The van der Waals surface area contributed by atoms with E-state index >= 15 is 0 Å². The van der Waals surface area contributed by atoms with E-state index in [0.717, 1.165) is 5.56 Å². The molecule has 0 aliphatic carbocycles. The molecular formula is C11H9ClN2O2. The Morgan fingerprint density at radius 2 is 2.25 bits per heavy atom. The maximum atomic E-state index is 11.1. The third-order valence-corrected chi connectivity index (χ3v) is 2.35. The molecule has 2 aromatic heterocycles. The van der Waals surface area contributed by atoms with Gasteiger partial charge >= 0.3 is 0 Å². The highest BCUT2D eigenvalue weighted by molar-refractivity contribution is 6.32. The summed E-state index contributed by atoms with van der Waals surface area (Å²) in [6, 6.07) is 6.59. The molecule has 5 heteroatoms. The Labute approximate surface area is 96.9 Å². The van der Waals surface area contributed by atoms with Crippen molar-refractivity contribution in [3.05, 3.63) is 45.8 Å². The number of nitrogens with one attached hydrogen (secondary N) is 1. The largest absolute Gasteiger partial charge is 0.480 e. The summed E-state index contributed by atoms with van der Waals surface area (Å²) < 4.78 is 4.94. The van der Waals surface area contributed by atoms with Crippen LogP contribution in [-0.4, -0.2) is 17.1 Å². The molecule has 0 unspecified atom stereocenters. The Morgan fingerprint density at radius 3 is 2.88 bits per heavy atom. The van der Waals surface area contributed by atoms with Gasteiger partial charge in [0.2, 0.25) is 11.4 Å². The Kier molecular flexibility index (Phi) is 2.92. The standard InChI is InChI=1S/C11H9ClN2O2/c1-16-11-8(12)5-7(6-13-11)9-3-2-4-10(15)14-9/h2-6H,1H3,(H,14,15). The predicted molar refractivity (Wildman–Crippen MR) is 61.9 cm³/mol. The molecule has 0 amide bonds. The molecule has 0 spiro atoms. The van der Waals surface area contributed by atoms with Gasteiger partial charge in [0.15, 0.2) is 0 Å². The lowest BCUT2D eigenvalue weighted by molar-refractivity contribution is 0.398. The minimum absolute atomic E-state index is 0.163. The van der Waals surface area contributed by atoms with Crippen LogP contribution in [0.15, 0.2) is 35.3 Å². The average Bonchev–Trinajstić information content (AvgIpc) is 2.29. The summed E-state index contributed by atoms with van der Waals surface area (Å²) in [5.41, 5.74) is 1.25. The first-order valence-corrected chi connectivity index (χ1v) is 4.98.